The van der Waals surface area contributed by atoms with Crippen LogP contribution in [0.5, 0.6) is 0 Å². The molecule has 0 heterocycles. The van der Waals surface area contributed by atoms with Crippen molar-refractivity contribution in [2.24, 2.45) is 0 Å². The number of phosphoric acid groups is 1. The maximum Gasteiger partial charge on any atom is 0.472 e. The molecule has 0 rings (SSSR count). The largest absolute Gasteiger partial charge is 0.472 e. The first-order chi connectivity index (χ1) is 37.5. The van der Waals surface area contributed by atoms with Gasteiger partial charge in [-0.05, 0) is 89.9 Å². The third-order valence-electron chi connectivity index (χ3n) is 13.7. The smallest absolute Gasteiger partial charge is 0.462 e. The molecule has 9 nitrogen and oxygen atoms in total. The fraction of sp³-hybridized carbons (Fsp3) is 0.761. The second-order valence-electron chi connectivity index (χ2n) is 22.4. The van der Waals surface area contributed by atoms with Gasteiger partial charge < -0.3 is 18.9 Å². The Hall–Kier alpha value is -2.81. The Balaban J connectivity index is 3.95. The third kappa shape index (κ3) is 62.3. The van der Waals surface area contributed by atoms with Gasteiger partial charge >= 0.3 is 19.8 Å². The summed E-state index contributed by atoms with van der Waals surface area (Å²) in [5.74, 6) is -0.800. The SMILES string of the molecule is CC/C=C\C/C=C\C/C=C\C/C=C\C/C=C\C/C=C\CCCCCCCCCCCCCCCCCCCCCCC(=O)OC(COC(=O)CCCCCCC/C=C\CCCCCCC)COP(=O)(O)OCC[N+](C)(C)C. The first kappa shape index (κ1) is 74.2. The molecule has 0 aliphatic rings. The van der Waals surface area contributed by atoms with Crippen LogP contribution >= 0.6 is 7.82 Å². The summed E-state index contributed by atoms with van der Waals surface area (Å²) < 4.78 is 34.6. The number of hydrogen-bond acceptors (Lipinski definition) is 7. The van der Waals surface area contributed by atoms with Gasteiger partial charge in [0.15, 0.2) is 6.10 Å². The van der Waals surface area contributed by atoms with Gasteiger partial charge in [0.25, 0.3) is 0 Å². The van der Waals surface area contributed by atoms with Gasteiger partial charge in [-0.2, -0.15) is 0 Å². The minimum atomic E-state index is -4.39. The van der Waals surface area contributed by atoms with E-state index in [0.717, 1.165) is 89.9 Å². The van der Waals surface area contributed by atoms with Gasteiger partial charge in [0, 0.05) is 12.8 Å². The van der Waals surface area contributed by atoms with Gasteiger partial charge in [-0.15, -0.1) is 0 Å². The van der Waals surface area contributed by atoms with Crippen molar-refractivity contribution in [1.29, 1.82) is 0 Å². The lowest BCUT2D eigenvalue weighted by molar-refractivity contribution is -0.870. The van der Waals surface area contributed by atoms with E-state index in [-0.39, 0.29) is 32.0 Å². The third-order valence-corrected chi connectivity index (χ3v) is 14.6. The molecule has 0 spiro atoms. The van der Waals surface area contributed by atoms with E-state index in [2.05, 4.69) is 98.9 Å². The van der Waals surface area contributed by atoms with E-state index in [1.165, 1.54) is 154 Å². The van der Waals surface area contributed by atoms with E-state index in [1.807, 2.05) is 21.1 Å². The van der Waals surface area contributed by atoms with E-state index in [9.17, 15) is 19.0 Å². The zero-order chi connectivity index (χ0) is 56.3. The first-order valence-corrected chi connectivity index (χ1v) is 33.3. The molecular formula is C67H121NO8P+. The molecule has 0 saturated carbocycles. The molecule has 0 aromatic carbocycles. The normalized spacial score (nSPS) is 13.8. The van der Waals surface area contributed by atoms with Crippen molar-refractivity contribution in [3.63, 3.8) is 0 Å². The topological polar surface area (TPSA) is 108 Å². The van der Waals surface area contributed by atoms with Crippen molar-refractivity contribution < 1.29 is 42.1 Å². The number of nitrogens with zero attached hydrogens (tertiary/aromatic N) is 1. The molecular weight excluding hydrogens is 978 g/mol. The fourth-order valence-corrected chi connectivity index (χ4v) is 9.52. The molecule has 0 saturated heterocycles. The summed E-state index contributed by atoms with van der Waals surface area (Å²) in [5, 5.41) is 0. The van der Waals surface area contributed by atoms with Gasteiger partial charge in [-0.25, -0.2) is 4.57 Å². The van der Waals surface area contributed by atoms with E-state index in [4.69, 9.17) is 18.5 Å². The molecule has 2 unspecified atom stereocenters. The number of quaternary nitrogens is 1. The van der Waals surface area contributed by atoms with Crippen LogP contribution in [-0.4, -0.2) is 74.9 Å². The van der Waals surface area contributed by atoms with Crippen LogP contribution < -0.4 is 0 Å². The number of carbonyl (C=O) groups excluding carboxylic acids is 2. The van der Waals surface area contributed by atoms with Gasteiger partial charge in [0.05, 0.1) is 27.7 Å². The zero-order valence-electron chi connectivity index (χ0n) is 50.7. The molecule has 446 valence electrons. The maximum absolute atomic E-state index is 12.8. The zero-order valence-corrected chi connectivity index (χ0v) is 51.6. The van der Waals surface area contributed by atoms with Crippen LogP contribution in [0.2, 0.25) is 0 Å². The molecule has 0 aromatic heterocycles. The minimum absolute atomic E-state index is 0.0300. The van der Waals surface area contributed by atoms with E-state index in [0.29, 0.717) is 17.4 Å². The molecule has 77 heavy (non-hydrogen) atoms. The minimum Gasteiger partial charge on any atom is -0.462 e. The van der Waals surface area contributed by atoms with Crippen molar-refractivity contribution in [2.45, 2.75) is 283 Å². The highest BCUT2D eigenvalue weighted by Gasteiger charge is 2.27. The highest BCUT2D eigenvalue weighted by atomic mass is 31.2. The lowest BCUT2D eigenvalue weighted by Gasteiger charge is -2.24. The summed E-state index contributed by atoms with van der Waals surface area (Å²) in [5.41, 5.74) is 0. The highest BCUT2D eigenvalue weighted by molar-refractivity contribution is 7.47. The summed E-state index contributed by atoms with van der Waals surface area (Å²) in [7, 11) is 1.48. The van der Waals surface area contributed by atoms with Crippen LogP contribution in [0.1, 0.15) is 277 Å². The van der Waals surface area contributed by atoms with E-state index >= 15 is 0 Å². The van der Waals surface area contributed by atoms with E-state index < -0.39 is 26.5 Å². The van der Waals surface area contributed by atoms with Crippen molar-refractivity contribution in [1.82, 2.24) is 0 Å². The molecule has 0 aliphatic heterocycles. The quantitative estimate of drug-likeness (QED) is 0.0211. The average molecular weight is 1100 g/mol. The van der Waals surface area contributed by atoms with Crippen LogP contribution in [0.3, 0.4) is 0 Å². The van der Waals surface area contributed by atoms with Crippen LogP contribution in [0.25, 0.3) is 0 Å². The standard InChI is InChI=1S/C67H120NO8P/c1-6-8-10-12-14-16-18-20-22-23-24-25-26-27-28-29-30-31-32-33-34-35-36-37-38-39-40-41-42-43-44-45-46-48-50-52-54-56-58-60-67(70)76-65(64-75-77(71,72)74-62-61-68(3,4)5)63-73-66(69)59-57-55-53-51-49-47-21-19-17-15-13-11-9-7-2/h8,10,14,16,19-22,24-25,27-28,30-31,65H,6-7,9,11-13,15,17-18,23,26,29,32-64H2,1-5H3/p+1/b10-8-,16-14-,21-19-,22-20-,25-24-,28-27-,31-30-. The summed E-state index contributed by atoms with van der Waals surface area (Å²) in [6.07, 6.45) is 78.3. The second-order valence-corrected chi connectivity index (χ2v) is 23.9. The Morgan fingerprint density at radius 1 is 0.416 bits per heavy atom. The van der Waals surface area contributed by atoms with Gasteiger partial charge in [0.2, 0.25) is 0 Å². The average Bonchev–Trinajstić information content (AvgIpc) is 3.39. The number of phosphoric ester groups is 1. The summed E-state index contributed by atoms with van der Waals surface area (Å²) in [6.45, 7) is 4.32. The van der Waals surface area contributed by atoms with Crippen molar-refractivity contribution in [3.05, 3.63) is 85.1 Å². The van der Waals surface area contributed by atoms with Crippen molar-refractivity contribution in [3.8, 4) is 0 Å². The Bertz CT molecular complexity index is 1580. The Morgan fingerprint density at radius 2 is 0.740 bits per heavy atom. The van der Waals surface area contributed by atoms with E-state index in [1.54, 1.807) is 0 Å². The van der Waals surface area contributed by atoms with Gasteiger partial charge in [-0.3, -0.25) is 18.6 Å². The van der Waals surface area contributed by atoms with Crippen LogP contribution in [0, 0.1) is 0 Å². The van der Waals surface area contributed by atoms with Crippen LogP contribution in [0.15, 0.2) is 85.1 Å². The number of carbonyl (C=O) groups is 2. The fourth-order valence-electron chi connectivity index (χ4n) is 8.78. The Morgan fingerprint density at radius 3 is 1.12 bits per heavy atom. The lowest BCUT2D eigenvalue weighted by atomic mass is 10.0. The Labute approximate surface area is 475 Å². The molecule has 2 atom stereocenters. The number of ether oxygens (including phenoxy) is 2. The molecule has 0 bridgehead atoms. The summed E-state index contributed by atoms with van der Waals surface area (Å²) >= 11 is 0. The maximum atomic E-state index is 12.8. The summed E-state index contributed by atoms with van der Waals surface area (Å²) in [6, 6.07) is 0. The molecule has 0 aromatic rings. The first-order valence-electron chi connectivity index (χ1n) is 31.8. The number of unbranched alkanes of at least 4 members (excludes halogenated alkanes) is 30. The Kier molecular flexibility index (Phi) is 55.8. The predicted octanol–water partition coefficient (Wildman–Crippen LogP) is 20.2. The number of hydrogen-bond donors (Lipinski definition) is 1. The molecule has 0 radical (unpaired) electrons. The van der Waals surface area contributed by atoms with Gasteiger partial charge in [0.1, 0.15) is 19.8 Å². The monoisotopic (exact) mass is 1100 g/mol. The van der Waals surface area contributed by atoms with Crippen molar-refractivity contribution in [2.75, 3.05) is 47.5 Å². The number of allylic oxidation sites excluding steroid dienone is 14. The molecule has 1 N–H and O–H groups in total. The number of likely N-dealkylation sites (N-methyl/N-ethyl adjacent to an activating group) is 1. The number of esters is 2. The second kappa shape index (κ2) is 57.9. The molecule has 0 fully saturated rings. The van der Waals surface area contributed by atoms with Gasteiger partial charge in [-0.1, -0.05) is 259 Å². The van der Waals surface area contributed by atoms with Crippen LogP contribution in [-0.2, 0) is 32.7 Å². The molecule has 0 amide bonds. The highest BCUT2D eigenvalue weighted by Crippen LogP contribution is 2.43. The van der Waals surface area contributed by atoms with Crippen molar-refractivity contribution >= 4 is 19.8 Å². The van der Waals surface area contributed by atoms with Crippen LogP contribution in [0.4, 0.5) is 0 Å². The predicted molar refractivity (Wildman–Crippen MR) is 330 cm³/mol. The molecule has 0 aliphatic carbocycles. The summed E-state index contributed by atoms with van der Waals surface area (Å²) in [4.78, 5) is 35.7. The lowest BCUT2D eigenvalue weighted by Crippen LogP contribution is -2.37. The number of rotatable bonds is 58. The molecule has 10 heteroatoms.